The number of hydrogen-bond donors (Lipinski definition) is 4. The fourth-order valence-corrected chi connectivity index (χ4v) is 3.08. The second-order valence-electron chi connectivity index (χ2n) is 6.83. The van der Waals surface area contributed by atoms with Gasteiger partial charge >= 0.3 is 0 Å². The number of anilines is 4. The molecule has 0 radical (unpaired) electrons. The van der Waals surface area contributed by atoms with Crippen molar-refractivity contribution in [3.8, 4) is 0 Å². The summed E-state index contributed by atoms with van der Waals surface area (Å²) in [5, 5.41) is 13.2. The van der Waals surface area contributed by atoms with E-state index in [-0.39, 0.29) is 23.4 Å². The molecule has 2 aromatic heterocycles. The van der Waals surface area contributed by atoms with Crippen LogP contribution in [0.4, 0.5) is 32.4 Å². The van der Waals surface area contributed by atoms with Gasteiger partial charge in [0.15, 0.2) is 5.82 Å². The highest BCUT2D eigenvalue weighted by atomic mass is 19.1. The number of nitrogens with two attached hydrogens (primary N) is 1. The minimum absolute atomic E-state index is 0.00142. The molecular formula is C18H20F2N8. The third kappa shape index (κ3) is 3.85. The number of aromatic nitrogens is 5. The lowest BCUT2D eigenvalue weighted by atomic mass is 9.83. The molecular weight excluding hydrogens is 366 g/mol. The fraction of sp³-hybridized carbons (Fsp3) is 0.333. The monoisotopic (exact) mass is 386 g/mol. The molecule has 1 aliphatic rings. The van der Waals surface area contributed by atoms with E-state index < -0.39 is 17.7 Å². The molecule has 3 aromatic rings. The van der Waals surface area contributed by atoms with E-state index in [0.717, 1.165) is 24.6 Å². The highest BCUT2D eigenvalue weighted by molar-refractivity contribution is 5.52. The topological polar surface area (TPSA) is 117 Å². The van der Waals surface area contributed by atoms with Gasteiger partial charge in [0.25, 0.3) is 0 Å². The molecule has 1 atom stereocenters. The van der Waals surface area contributed by atoms with Crippen molar-refractivity contribution >= 4 is 23.7 Å². The summed E-state index contributed by atoms with van der Waals surface area (Å²) in [6.07, 6.45) is 3.55. The van der Waals surface area contributed by atoms with Crippen LogP contribution >= 0.6 is 0 Å². The first-order valence-electron chi connectivity index (χ1n) is 9.03. The molecule has 8 nitrogen and oxygen atoms in total. The molecule has 1 fully saturated rings. The third-order valence-electron chi connectivity index (χ3n) is 4.81. The molecule has 1 saturated carbocycles. The van der Waals surface area contributed by atoms with E-state index in [0.29, 0.717) is 11.7 Å². The van der Waals surface area contributed by atoms with Gasteiger partial charge in [-0.1, -0.05) is 12.5 Å². The Hall–Kier alpha value is -3.30. The summed E-state index contributed by atoms with van der Waals surface area (Å²) in [7, 11) is 0. The van der Waals surface area contributed by atoms with Crippen LogP contribution in [-0.2, 0) is 0 Å². The quantitative estimate of drug-likeness (QED) is 0.511. The van der Waals surface area contributed by atoms with Crippen LogP contribution in [0.15, 0.2) is 24.3 Å². The maximum atomic E-state index is 14.0. The predicted octanol–water partition coefficient (Wildman–Crippen LogP) is 3.64. The number of nitrogens with zero attached hydrogens (tertiary/aromatic N) is 4. The number of benzene rings is 1. The molecule has 1 unspecified atom stereocenters. The zero-order chi connectivity index (χ0) is 19.7. The Labute approximate surface area is 160 Å². The molecule has 0 amide bonds. The van der Waals surface area contributed by atoms with Crippen LogP contribution in [0.1, 0.15) is 49.4 Å². The molecule has 2 heterocycles. The summed E-state index contributed by atoms with van der Waals surface area (Å²) < 4.78 is 27.1. The molecule has 1 aliphatic carbocycles. The third-order valence-corrected chi connectivity index (χ3v) is 4.81. The van der Waals surface area contributed by atoms with Gasteiger partial charge in [0.05, 0.1) is 6.04 Å². The van der Waals surface area contributed by atoms with Gasteiger partial charge in [-0.3, -0.25) is 5.10 Å². The highest BCUT2D eigenvalue weighted by Gasteiger charge is 2.21. The zero-order valence-corrected chi connectivity index (χ0v) is 15.2. The van der Waals surface area contributed by atoms with Gasteiger partial charge in [0.1, 0.15) is 11.6 Å². The summed E-state index contributed by atoms with van der Waals surface area (Å²) in [5.74, 6) is 0.201. The lowest BCUT2D eigenvalue weighted by molar-refractivity contribution is 0.410. The SMILES string of the molecule is CC(Nc1nc(N)nc(Nc2cc(C3CCC3)[nH]n2)n1)c1ccc(F)cc1F. The van der Waals surface area contributed by atoms with Crippen LogP contribution in [0.3, 0.4) is 0 Å². The number of nitrogen functional groups attached to an aromatic ring is 1. The molecule has 0 bridgehead atoms. The van der Waals surface area contributed by atoms with Crippen molar-refractivity contribution < 1.29 is 8.78 Å². The second kappa shape index (κ2) is 7.37. The fourth-order valence-electron chi connectivity index (χ4n) is 3.08. The van der Waals surface area contributed by atoms with Gasteiger partial charge in [-0.05, 0) is 25.8 Å². The van der Waals surface area contributed by atoms with Crippen molar-refractivity contribution in [2.24, 2.45) is 0 Å². The summed E-state index contributed by atoms with van der Waals surface area (Å²) in [6, 6.07) is 4.82. The first kappa shape index (κ1) is 18.1. The predicted molar refractivity (Wildman–Crippen MR) is 101 cm³/mol. The van der Waals surface area contributed by atoms with Crippen LogP contribution in [0, 0.1) is 11.6 Å². The summed E-state index contributed by atoms with van der Waals surface area (Å²) in [6.45, 7) is 1.71. The Balaban J connectivity index is 1.49. The molecule has 0 saturated heterocycles. The Kier molecular flexibility index (Phi) is 4.76. The van der Waals surface area contributed by atoms with Crippen molar-refractivity contribution in [1.29, 1.82) is 0 Å². The van der Waals surface area contributed by atoms with E-state index >= 15 is 0 Å². The number of H-pyrrole nitrogens is 1. The van der Waals surface area contributed by atoms with Gasteiger partial charge in [-0.15, -0.1) is 0 Å². The molecule has 0 aliphatic heterocycles. The van der Waals surface area contributed by atoms with E-state index in [1.165, 1.54) is 18.6 Å². The Bertz CT molecular complexity index is 985. The van der Waals surface area contributed by atoms with Crippen molar-refractivity contribution in [3.05, 3.63) is 47.2 Å². The van der Waals surface area contributed by atoms with E-state index in [1.54, 1.807) is 6.92 Å². The number of hydrogen-bond acceptors (Lipinski definition) is 7. The first-order valence-corrected chi connectivity index (χ1v) is 9.03. The minimum Gasteiger partial charge on any atom is -0.368 e. The van der Waals surface area contributed by atoms with Crippen LogP contribution in [0.25, 0.3) is 0 Å². The Morgan fingerprint density at radius 2 is 1.93 bits per heavy atom. The van der Waals surface area contributed by atoms with Gasteiger partial charge in [0.2, 0.25) is 17.8 Å². The van der Waals surface area contributed by atoms with Gasteiger partial charge < -0.3 is 16.4 Å². The molecule has 1 aromatic carbocycles. The zero-order valence-electron chi connectivity index (χ0n) is 15.2. The van der Waals surface area contributed by atoms with E-state index in [9.17, 15) is 8.78 Å². The summed E-state index contributed by atoms with van der Waals surface area (Å²) >= 11 is 0. The number of nitrogens with one attached hydrogen (secondary N) is 3. The van der Waals surface area contributed by atoms with Crippen LogP contribution in [-0.4, -0.2) is 25.1 Å². The van der Waals surface area contributed by atoms with Crippen LogP contribution < -0.4 is 16.4 Å². The minimum atomic E-state index is -0.652. The van der Waals surface area contributed by atoms with Gasteiger partial charge in [-0.25, -0.2) is 8.78 Å². The maximum Gasteiger partial charge on any atom is 0.235 e. The standard InChI is InChI=1S/C18H20F2N8/c1-9(12-6-5-11(19)7-13(12)20)22-17-24-16(21)25-18(26-17)23-15-8-14(27-28-15)10-3-2-4-10/h5-10H,2-4H2,1H3,(H5,21,22,23,24,25,26,27,28). The van der Waals surface area contributed by atoms with Crippen molar-refractivity contribution in [2.45, 2.75) is 38.1 Å². The van der Waals surface area contributed by atoms with Crippen molar-refractivity contribution in [1.82, 2.24) is 25.1 Å². The highest BCUT2D eigenvalue weighted by Crippen LogP contribution is 2.36. The molecule has 0 spiro atoms. The van der Waals surface area contributed by atoms with Gasteiger partial charge in [-0.2, -0.15) is 20.1 Å². The maximum absolute atomic E-state index is 14.0. The second-order valence-corrected chi connectivity index (χ2v) is 6.83. The van der Waals surface area contributed by atoms with Crippen molar-refractivity contribution in [2.75, 3.05) is 16.4 Å². The molecule has 4 rings (SSSR count). The lowest BCUT2D eigenvalue weighted by Crippen LogP contribution is -2.14. The molecule has 5 N–H and O–H groups in total. The molecule has 10 heteroatoms. The lowest BCUT2D eigenvalue weighted by Gasteiger charge is -2.23. The Morgan fingerprint density at radius 3 is 2.64 bits per heavy atom. The number of rotatable bonds is 6. The number of halogens is 2. The average molecular weight is 386 g/mol. The number of aromatic amines is 1. The average Bonchev–Trinajstić information content (AvgIpc) is 3.00. The summed E-state index contributed by atoms with van der Waals surface area (Å²) in [5.41, 5.74) is 7.13. The molecule has 28 heavy (non-hydrogen) atoms. The van der Waals surface area contributed by atoms with Crippen molar-refractivity contribution in [3.63, 3.8) is 0 Å². The summed E-state index contributed by atoms with van der Waals surface area (Å²) in [4.78, 5) is 12.3. The van der Waals surface area contributed by atoms with Crippen LogP contribution in [0.2, 0.25) is 0 Å². The largest absolute Gasteiger partial charge is 0.368 e. The normalized spacial score (nSPS) is 15.1. The van der Waals surface area contributed by atoms with E-state index in [1.807, 2.05) is 6.07 Å². The smallest absolute Gasteiger partial charge is 0.235 e. The van der Waals surface area contributed by atoms with Gasteiger partial charge in [0, 0.05) is 29.3 Å². The first-order chi connectivity index (χ1) is 13.5. The van der Waals surface area contributed by atoms with Crippen LogP contribution in [0.5, 0.6) is 0 Å². The van der Waals surface area contributed by atoms with E-state index in [4.69, 9.17) is 5.73 Å². The molecule has 146 valence electrons. The van der Waals surface area contributed by atoms with E-state index in [2.05, 4.69) is 35.8 Å². The Morgan fingerprint density at radius 1 is 1.14 bits per heavy atom.